The molecule has 0 spiro atoms. The van der Waals surface area contributed by atoms with Crippen LogP contribution in [0.4, 0.5) is 5.69 Å². The topological polar surface area (TPSA) is 177 Å². The van der Waals surface area contributed by atoms with Crippen LogP contribution >= 0.6 is 0 Å². The molecule has 0 bridgehead atoms. The standard InChI is InChI=1S/C26H36N6O8S2/c1-16-11-32(17(2)14-33)25(34)10-20-9-21(29-41(35,36)24-13-30(5)15-27-24)7-8-22(20)39-23(16)12-31(6)42(37,38)26-18(3)28-40-19(26)4/h7-9,13,15-17,23,29,33H,10-12,14H2,1-6H3/t16-,17+,23+/m1/s1. The van der Waals surface area contributed by atoms with E-state index in [2.05, 4.69) is 14.9 Å². The van der Waals surface area contributed by atoms with Crippen molar-refractivity contribution in [2.45, 2.75) is 56.2 Å². The summed E-state index contributed by atoms with van der Waals surface area (Å²) >= 11 is 0. The fraction of sp³-hybridized carbons (Fsp3) is 0.500. The van der Waals surface area contributed by atoms with Crippen molar-refractivity contribution in [3.8, 4) is 5.75 Å². The summed E-state index contributed by atoms with van der Waals surface area (Å²) in [6.07, 6.45) is 1.87. The maximum atomic E-state index is 13.5. The van der Waals surface area contributed by atoms with Crippen LogP contribution in [0.3, 0.4) is 0 Å². The molecule has 3 atom stereocenters. The molecule has 1 aromatic carbocycles. The molecule has 0 unspecified atom stereocenters. The van der Waals surface area contributed by atoms with Gasteiger partial charge in [-0.1, -0.05) is 12.1 Å². The van der Waals surface area contributed by atoms with Crippen molar-refractivity contribution in [1.82, 2.24) is 23.9 Å². The number of aryl methyl sites for hydroxylation is 3. The number of anilines is 1. The summed E-state index contributed by atoms with van der Waals surface area (Å²) in [5.74, 6) is -0.182. The molecule has 14 nitrogen and oxygen atoms in total. The molecular formula is C26H36N6O8S2. The van der Waals surface area contributed by atoms with Crippen molar-refractivity contribution in [3.63, 3.8) is 0 Å². The molecule has 1 aliphatic rings. The van der Waals surface area contributed by atoms with E-state index in [1.54, 1.807) is 27.0 Å². The normalized spacial score (nSPS) is 19.0. The van der Waals surface area contributed by atoms with Gasteiger partial charge in [0.25, 0.3) is 10.0 Å². The third-order valence-corrected chi connectivity index (χ3v) is 10.5. The Labute approximate surface area is 245 Å². The van der Waals surface area contributed by atoms with Crippen LogP contribution < -0.4 is 9.46 Å². The highest BCUT2D eigenvalue weighted by molar-refractivity contribution is 7.92. The second kappa shape index (κ2) is 12.0. The lowest BCUT2D eigenvalue weighted by Gasteiger charge is -2.33. The van der Waals surface area contributed by atoms with Gasteiger partial charge in [-0.25, -0.2) is 13.4 Å². The van der Waals surface area contributed by atoms with Crippen LogP contribution in [0.25, 0.3) is 0 Å². The van der Waals surface area contributed by atoms with E-state index in [1.807, 2.05) is 6.92 Å². The number of hydrogen-bond acceptors (Lipinski definition) is 10. The van der Waals surface area contributed by atoms with E-state index in [-0.39, 0.29) is 65.0 Å². The number of carbonyl (C=O) groups is 1. The number of aliphatic hydroxyl groups is 1. The lowest BCUT2D eigenvalue weighted by molar-refractivity contribution is -0.134. The lowest BCUT2D eigenvalue weighted by Crippen LogP contribution is -2.48. The van der Waals surface area contributed by atoms with E-state index in [1.165, 1.54) is 48.1 Å². The fourth-order valence-electron chi connectivity index (χ4n) is 4.80. The zero-order valence-electron chi connectivity index (χ0n) is 24.3. The zero-order chi connectivity index (χ0) is 31.0. The van der Waals surface area contributed by atoms with E-state index in [0.29, 0.717) is 11.3 Å². The Kier molecular flexibility index (Phi) is 9.01. The first-order valence-corrected chi connectivity index (χ1v) is 16.2. The summed E-state index contributed by atoms with van der Waals surface area (Å²) in [6.45, 7) is 6.47. The molecule has 1 aliphatic heterocycles. The summed E-state index contributed by atoms with van der Waals surface area (Å²) < 4.78 is 69.2. The molecule has 0 saturated carbocycles. The first-order valence-electron chi connectivity index (χ1n) is 13.2. The van der Waals surface area contributed by atoms with Gasteiger partial charge in [-0.15, -0.1) is 0 Å². The molecule has 2 aromatic heterocycles. The Bertz CT molecular complexity index is 1650. The van der Waals surface area contributed by atoms with Gasteiger partial charge in [0.2, 0.25) is 15.9 Å². The number of imidazole rings is 1. The molecule has 0 aliphatic carbocycles. The summed E-state index contributed by atoms with van der Waals surface area (Å²) in [7, 11) is -4.91. The van der Waals surface area contributed by atoms with E-state index in [4.69, 9.17) is 9.26 Å². The Balaban J connectivity index is 1.70. The smallest absolute Gasteiger partial charge is 0.280 e. The highest BCUT2D eigenvalue weighted by Crippen LogP contribution is 2.31. The van der Waals surface area contributed by atoms with Crippen molar-refractivity contribution in [2.75, 3.05) is 31.5 Å². The fourth-order valence-corrected chi connectivity index (χ4v) is 7.29. The molecule has 1 amide bonds. The molecule has 42 heavy (non-hydrogen) atoms. The number of sulfonamides is 2. The van der Waals surface area contributed by atoms with Crippen molar-refractivity contribution in [3.05, 3.63) is 47.7 Å². The number of hydrogen-bond donors (Lipinski definition) is 2. The number of nitrogens with zero attached hydrogens (tertiary/aromatic N) is 5. The van der Waals surface area contributed by atoms with Gasteiger partial charge in [0.1, 0.15) is 22.4 Å². The van der Waals surface area contributed by atoms with E-state index < -0.39 is 32.2 Å². The zero-order valence-corrected chi connectivity index (χ0v) is 25.9. The van der Waals surface area contributed by atoms with Crippen LogP contribution in [0, 0.1) is 19.8 Å². The van der Waals surface area contributed by atoms with Crippen molar-refractivity contribution in [1.29, 1.82) is 0 Å². The molecule has 0 radical (unpaired) electrons. The average molecular weight is 625 g/mol. The second-order valence-corrected chi connectivity index (χ2v) is 14.2. The SMILES string of the molecule is Cc1noc(C)c1S(=O)(=O)N(C)C[C@@H]1Oc2ccc(NS(=O)(=O)c3cn(C)cn3)cc2CC(=O)N([C@@H](C)CO)C[C@H]1C. The average Bonchev–Trinajstić information content (AvgIpc) is 3.52. The van der Waals surface area contributed by atoms with Crippen LogP contribution in [-0.2, 0) is 38.3 Å². The summed E-state index contributed by atoms with van der Waals surface area (Å²) in [5, 5.41) is 13.5. The number of ether oxygens (including phenoxy) is 1. The van der Waals surface area contributed by atoms with Crippen LogP contribution in [0.5, 0.6) is 5.75 Å². The number of aromatic nitrogens is 3. The first kappa shape index (κ1) is 31.5. The molecule has 3 heterocycles. The Morgan fingerprint density at radius 2 is 1.95 bits per heavy atom. The summed E-state index contributed by atoms with van der Waals surface area (Å²) in [6, 6.07) is 4.04. The third-order valence-electron chi connectivity index (χ3n) is 7.20. The number of aliphatic hydroxyl groups excluding tert-OH is 1. The molecule has 0 saturated heterocycles. The Morgan fingerprint density at radius 3 is 2.55 bits per heavy atom. The Hall–Kier alpha value is -3.47. The number of carbonyl (C=O) groups excluding carboxylic acids is 1. The maximum Gasteiger partial charge on any atom is 0.280 e. The number of rotatable bonds is 9. The van der Waals surface area contributed by atoms with Gasteiger partial charge in [0.15, 0.2) is 10.8 Å². The third kappa shape index (κ3) is 6.45. The minimum atomic E-state index is -4.00. The van der Waals surface area contributed by atoms with Crippen LogP contribution in [-0.4, -0.2) is 90.7 Å². The van der Waals surface area contributed by atoms with Crippen molar-refractivity contribution >= 4 is 31.6 Å². The number of likely N-dealkylation sites (N-methyl/N-ethyl adjacent to an activating group) is 1. The lowest BCUT2D eigenvalue weighted by atomic mass is 10.0. The van der Waals surface area contributed by atoms with E-state index in [0.717, 1.165) is 4.31 Å². The van der Waals surface area contributed by atoms with E-state index >= 15 is 0 Å². The minimum Gasteiger partial charge on any atom is -0.488 e. The largest absolute Gasteiger partial charge is 0.488 e. The Morgan fingerprint density at radius 1 is 1.24 bits per heavy atom. The maximum absolute atomic E-state index is 13.5. The first-order chi connectivity index (χ1) is 19.6. The molecule has 230 valence electrons. The number of nitrogens with one attached hydrogen (secondary N) is 1. The van der Waals surface area contributed by atoms with Gasteiger partial charge in [0, 0.05) is 44.0 Å². The molecule has 0 fully saturated rings. The van der Waals surface area contributed by atoms with Crippen LogP contribution in [0.2, 0.25) is 0 Å². The van der Waals surface area contributed by atoms with Gasteiger partial charge < -0.3 is 23.8 Å². The number of amides is 1. The monoisotopic (exact) mass is 624 g/mol. The molecule has 16 heteroatoms. The number of fused-ring (bicyclic) bond motifs is 1. The molecule has 2 N–H and O–H groups in total. The minimum absolute atomic E-state index is 0.0170. The predicted molar refractivity (Wildman–Crippen MR) is 152 cm³/mol. The van der Waals surface area contributed by atoms with Gasteiger partial charge >= 0.3 is 0 Å². The van der Waals surface area contributed by atoms with Gasteiger partial charge in [-0.05, 0) is 39.0 Å². The van der Waals surface area contributed by atoms with Gasteiger partial charge in [-0.3, -0.25) is 9.52 Å². The van der Waals surface area contributed by atoms with Gasteiger partial charge in [0.05, 0.1) is 31.9 Å². The second-order valence-electron chi connectivity index (χ2n) is 10.6. The molecule has 4 rings (SSSR count). The van der Waals surface area contributed by atoms with Crippen molar-refractivity contribution < 1.29 is 36.0 Å². The predicted octanol–water partition coefficient (Wildman–Crippen LogP) is 1.30. The quantitative estimate of drug-likeness (QED) is 0.353. The highest BCUT2D eigenvalue weighted by Gasteiger charge is 2.35. The molecular weight excluding hydrogens is 588 g/mol. The number of benzene rings is 1. The van der Waals surface area contributed by atoms with Crippen molar-refractivity contribution in [2.24, 2.45) is 13.0 Å². The van der Waals surface area contributed by atoms with Crippen LogP contribution in [0.15, 0.2) is 45.2 Å². The van der Waals surface area contributed by atoms with Crippen LogP contribution in [0.1, 0.15) is 30.9 Å². The summed E-state index contributed by atoms with van der Waals surface area (Å²) in [4.78, 5) is 18.9. The highest BCUT2D eigenvalue weighted by atomic mass is 32.2. The summed E-state index contributed by atoms with van der Waals surface area (Å²) in [5.41, 5.74) is 0.827. The van der Waals surface area contributed by atoms with E-state index in [9.17, 15) is 26.7 Å². The molecule has 3 aromatic rings. The van der Waals surface area contributed by atoms with Gasteiger partial charge in [-0.2, -0.15) is 12.7 Å².